The number of nitrogens with zero attached hydrogens (tertiary/aromatic N) is 2. The SMILES string of the molecule is COc1ccc(C(=O)N2CCN(C(=O)CCCOc3ccccc3Br)CC2)c(OC)c1. The molecule has 0 aromatic heterocycles. The van der Waals surface area contributed by atoms with Crippen molar-refractivity contribution in [2.45, 2.75) is 12.8 Å². The lowest BCUT2D eigenvalue weighted by atomic mass is 10.1. The van der Waals surface area contributed by atoms with Crippen LogP contribution in [0.3, 0.4) is 0 Å². The first-order valence-electron chi connectivity index (χ1n) is 10.2. The Balaban J connectivity index is 1.45. The molecule has 1 saturated heterocycles. The summed E-state index contributed by atoms with van der Waals surface area (Å²) in [7, 11) is 3.10. The van der Waals surface area contributed by atoms with Crippen molar-refractivity contribution in [3.05, 3.63) is 52.5 Å². The minimum atomic E-state index is -0.103. The van der Waals surface area contributed by atoms with Crippen LogP contribution in [0.5, 0.6) is 17.2 Å². The van der Waals surface area contributed by atoms with E-state index in [1.54, 1.807) is 30.2 Å². The smallest absolute Gasteiger partial charge is 0.257 e. The van der Waals surface area contributed by atoms with Gasteiger partial charge < -0.3 is 24.0 Å². The highest BCUT2D eigenvalue weighted by Crippen LogP contribution is 2.26. The Labute approximate surface area is 191 Å². The normalized spacial score (nSPS) is 13.6. The molecule has 1 aliphatic rings. The maximum atomic E-state index is 12.9. The van der Waals surface area contributed by atoms with E-state index in [2.05, 4.69) is 15.9 Å². The molecule has 2 amide bonds. The molecule has 0 spiro atoms. The van der Waals surface area contributed by atoms with Crippen molar-refractivity contribution in [1.82, 2.24) is 9.80 Å². The van der Waals surface area contributed by atoms with Crippen LogP contribution in [0.2, 0.25) is 0 Å². The van der Waals surface area contributed by atoms with E-state index < -0.39 is 0 Å². The van der Waals surface area contributed by atoms with Gasteiger partial charge in [0.15, 0.2) is 0 Å². The fourth-order valence-electron chi connectivity index (χ4n) is 3.43. The minimum absolute atomic E-state index is 0.0878. The fourth-order valence-corrected chi connectivity index (χ4v) is 3.83. The van der Waals surface area contributed by atoms with Crippen LogP contribution in [0.4, 0.5) is 0 Å². The molecule has 0 aliphatic carbocycles. The van der Waals surface area contributed by atoms with Gasteiger partial charge in [-0.15, -0.1) is 0 Å². The Morgan fingerprint density at radius 2 is 1.65 bits per heavy atom. The lowest BCUT2D eigenvalue weighted by Crippen LogP contribution is -2.50. The van der Waals surface area contributed by atoms with E-state index in [0.717, 1.165) is 10.2 Å². The first-order chi connectivity index (χ1) is 15.0. The summed E-state index contributed by atoms with van der Waals surface area (Å²) >= 11 is 3.44. The van der Waals surface area contributed by atoms with Crippen molar-refractivity contribution in [3.63, 3.8) is 0 Å². The van der Waals surface area contributed by atoms with Crippen molar-refractivity contribution >= 4 is 27.7 Å². The number of hydrogen-bond acceptors (Lipinski definition) is 5. The third-order valence-corrected chi connectivity index (χ3v) is 5.84. The average Bonchev–Trinajstić information content (AvgIpc) is 2.82. The molecule has 0 unspecified atom stereocenters. The predicted octanol–water partition coefficient (Wildman–Crippen LogP) is 3.61. The molecule has 2 aromatic rings. The average molecular weight is 491 g/mol. The summed E-state index contributed by atoms with van der Waals surface area (Å²) in [5.41, 5.74) is 0.493. The number of carbonyl (C=O) groups excluding carboxylic acids is 2. The van der Waals surface area contributed by atoms with E-state index in [1.165, 1.54) is 7.11 Å². The van der Waals surface area contributed by atoms with Gasteiger partial charge in [0.05, 0.1) is 30.9 Å². The molecule has 7 nitrogen and oxygen atoms in total. The number of methoxy groups -OCH3 is 2. The van der Waals surface area contributed by atoms with Crippen LogP contribution in [-0.4, -0.2) is 68.6 Å². The number of amides is 2. The molecular formula is C23H27BrN2O5. The number of rotatable bonds is 8. The molecule has 3 rings (SSSR count). The summed E-state index contributed by atoms with van der Waals surface area (Å²) in [6.07, 6.45) is 1.06. The summed E-state index contributed by atoms with van der Waals surface area (Å²) in [6, 6.07) is 12.8. The van der Waals surface area contributed by atoms with E-state index in [0.29, 0.717) is 62.7 Å². The van der Waals surface area contributed by atoms with Crippen molar-refractivity contribution in [2.75, 3.05) is 47.0 Å². The zero-order chi connectivity index (χ0) is 22.2. The van der Waals surface area contributed by atoms with Gasteiger partial charge in [-0.05, 0) is 46.6 Å². The summed E-state index contributed by atoms with van der Waals surface area (Å²) in [4.78, 5) is 29.0. The molecule has 1 aliphatic heterocycles. The monoisotopic (exact) mass is 490 g/mol. The number of piperazine rings is 1. The Hall–Kier alpha value is -2.74. The third kappa shape index (κ3) is 5.91. The van der Waals surface area contributed by atoms with Crippen LogP contribution in [0.15, 0.2) is 46.9 Å². The van der Waals surface area contributed by atoms with Gasteiger partial charge in [-0.25, -0.2) is 0 Å². The summed E-state index contributed by atoms with van der Waals surface area (Å²) in [5.74, 6) is 1.87. The van der Waals surface area contributed by atoms with Gasteiger partial charge in [-0.3, -0.25) is 9.59 Å². The molecule has 0 bridgehead atoms. The van der Waals surface area contributed by atoms with Crippen LogP contribution in [-0.2, 0) is 4.79 Å². The highest BCUT2D eigenvalue weighted by molar-refractivity contribution is 9.10. The molecule has 31 heavy (non-hydrogen) atoms. The number of carbonyl (C=O) groups is 2. The van der Waals surface area contributed by atoms with E-state index in [1.807, 2.05) is 29.2 Å². The molecule has 0 N–H and O–H groups in total. The van der Waals surface area contributed by atoms with E-state index in [4.69, 9.17) is 14.2 Å². The first kappa shape index (κ1) is 22.9. The number of hydrogen-bond donors (Lipinski definition) is 0. The van der Waals surface area contributed by atoms with E-state index in [9.17, 15) is 9.59 Å². The van der Waals surface area contributed by atoms with Crippen LogP contribution >= 0.6 is 15.9 Å². The number of para-hydroxylation sites is 1. The van der Waals surface area contributed by atoms with Gasteiger partial charge in [0.25, 0.3) is 5.91 Å². The second kappa shape index (κ2) is 11.0. The van der Waals surface area contributed by atoms with Gasteiger partial charge in [-0.1, -0.05) is 12.1 Å². The Morgan fingerprint density at radius 1 is 0.935 bits per heavy atom. The highest BCUT2D eigenvalue weighted by Gasteiger charge is 2.26. The minimum Gasteiger partial charge on any atom is -0.497 e. The molecule has 8 heteroatoms. The number of halogens is 1. The van der Waals surface area contributed by atoms with Crippen LogP contribution < -0.4 is 14.2 Å². The summed E-state index contributed by atoms with van der Waals surface area (Å²) < 4.78 is 17.2. The lowest BCUT2D eigenvalue weighted by molar-refractivity contribution is -0.132. The van der Waals surface area contributed by atoms with Gasteiger partial charge in [0.2, 0.25) is 5.91 Å². The second-order valence-electron chi connectivity index (χ2n) is 7.12. The number of benzene rings is 2. The molecule has 1 heterocycles. The first-order valence-corrected chi connectivity index (χ1v) is 11.0. The Bertz CT molecular complexity index is 913. The van der Waals surface area contributed by atoms with Gasteiger partial charge in [-0.2, -0.15) is 0 Å². The van der Waals surface area contributed by atoms with Crippen molar-refractivity contribution in [2.24, 2.45) is 0 Å². The highest BCUT2D eigenvalue weighted by atomic mass is 79.9. The summed E-state index contributed by atoms with van der Waals surface area (Å²) in [6.45, 7) is 2.51. The maximum Gasteiger partial charge on any atom is 0.257 e. The van der Waals surface area contributed by atoms with Crippen molar-refractivity contribution in [1.29, 1.82) is 0 Å². The summed E-state index contributed by atoms with van der Waals surface area (Å²) in [5, 5.41) is 0. The van der Waals surface area contributed by atoms with Crippen LogP contribution in [0.25, 0.3) is 0 Å². The van der Waals surface area contributed by atoms with Crippen molar-refractivity contribution < 1.29 is 23.8 Å². The van der Waals surface area contributed by atoms with Gasteiger partial charge in [0.1, 0.15) is 17.2 Å². The van der Waals surface area contributed by atoms with Gasteiger partial charge in [0, 0.05) is 38.7 Å². The Kier molecular flexibility index (Phi) is 8.17. The predicted molar refractivity (Wildman–Crippen MR) is 121 cm³/mol. The molecule has 1 fully saturated rings. The van der Waals surface area contributed by atoms with Crippen molar-refractivity contribution in [3.8, 4) is 17.2 Å². The standard InChI is InChI=1S/C23H27BrN2O5/c1-29-17-9-10-18(21(16-17)30-2)23(28)26-13-11-25(12-14-26)22(27)8-5-15-31-20-7-4-3-6-19(20)24/h3-4,6-7,9-10,16H,5,8,11-15H2,1-2H3. The number of ether oxygens (including phenoxy) is 3. The quantitative estimate of drug-likeness (QED) is 0.528. The van der Waals surface area contributed by atoms with Crippen LogP contribution in [0.1, 0.15) is 23.2 Å². The molecule has 166 valence electrons. The van der Waals surface area contributed by atoms with Gasteiger partial charge >= 0.3 is 0 Å². The Morgan fingerprint density at radius 3 is 2.32 bits per heavy atom. The largest absolute Gasteiger partial charge is 0.497 e. The second-order valence-corrected chi connectivity index (χ2v) is 7.98. The lowest BCUT2D eigenvalue weighted by Gasteiger charge is -2.35. The van der Waals surface area contributed by atoms with E-state index in [-0.39, 0.29) is 11.8 Å². The molecule has 0 saturated carbocycles. The topological polar surface area (TPSA) is 68.3 Å². The molecule has 0 radical (unpaired) electrons. The maximum absolute atomic E-state index is 12.9. The molecule has 2 aromatic carbocycles. The van der Waals surface area contributed by atoms with E-state index >= 15 is 0 Å². The van der Waals surface area contributed by atoms with Crippen LogP contribution in [0, 0.1) is 0 Å². The molecular weight excluding hydrogens is 464 g/mol. The zero-order valence-electron chi connectivity index (χ0n) is 17.8. The fraction of sp³-hybridized carbons (Fsp3) is 0.391. The molecule has 0 atom stereocenters. The zero-order valence-corrected chi connectivity index (χ0v) is 19.4. The third-order valence-electron chi connectivity index (χ3n) is 5.19.